The first-order valence-electron chi connectivity index (χ1n) is 8.19. The van der Waals surface area contributed by atoms with Crippen LogP contribution in [0.15, 0.2) is 0 Å². The first-order valence-corrected chi connectivity index (χ1v) is 8.19. The van der Waals surface area contributed by atoms with Crippen LogP contribution in [-0.2, 0) is 4.79 Å². The molecule has 6 heteroatoms. The van der Waals surface area contributed by atoms with Gasteiger partial charge in [-0.15, -0.1) is 0 Å². The van der Waals surface area contributed by atoms with Crippen molar-refractivity contribution < 1.29 is 9.59 Å². The molecule has 1 aliphatic heterocycles. The summed E-state index contributed by atoms with van der Waals surface area (Å²) in [5, 5.41) is 8.54. The Bertz CT molecular complexity index is 317. The highest BCUT2D eigenvalue weighted by Crippen LogP contribution is 2.08. The molecule has 1 heterocycles. The van der Waals surface area contributed by atoms with Gasteiger partial charge >= 0.3 is 6.03 Å². The van der Waals surface area contributed by atoms with E-state index < -0.39 is 6.03 Å². The molecule has 1 aliphatic rings. The standard InChI is InChI=1S/C15H30N4O2/c1-3-8-17-15(21)18-14(20)12-19(10-4-2)11-13-7-5-6-9-16-13/h13,16H,3-12H2,1-2H3,(H2,17,18,20,21). The van der Waals surface area contributed by atoms with E-state index in [4.69, 9.17) is 0 Å². The molecule has 0 saturated carbocycles. The lowest BCUT2D eigenvalue weighted by Gasteiger charge is -2.30. The molecule has 0 aromatic heterocycles. The van der Waals surface area contributed by atoms with Crippen LogP contribution in [0, 0.1) is 0 Å². The van der Waals surface area contributed by atoms with Crippen molar-refractivity contribution in [3.05, 3.63) is 0 Å². The lowest BCUT2D eigenvalue weighted by molar-refractivity contribution is -0.121. The number of amides is 3. The highest BCUT2D eigenvalue weighted by atomic mass is 16.2. The molecule has 1 rings (SSSR count). The summed E-state index contributed by atoms with van der Waals surface area (Å²) in [6, 6.07) is 0.0705. The van der Waals surface area contributed by atoms with Gasteiger partial charge in [0.1, 0.15) is 0 Å². The molecule has 1 fully saturated rings. The van der Waals surface area contributed by atoms with Gasteiger partial charge in [0.15, 0.2) is 0 Å². The van der Waals surface area contributed by atoms with Crippen molar-refractivity contribution in [2.24, 2.45) is 0 Å². The van der Waals surface area contributed by atoms with E-state index in [1.807, 2.05) is 6.92 Å². The normalized spacial score (nSPS) is 18.5. The molecule has 21 heavy (non-hydrogen) atoms. The summed E-state index contributed by atoms with van der Waals surface area (Å²) in [5.74, 6) is -0.229. The van der Waals surface area contributed by atoms with Crippen LogP contribution in [0.2, 0.25) is 0 Å². The van der Waals surface area contributed by atoms with E-state index in [-0.39, 0.29) is 12.5 Å². The van der Waals surface area contributed by atoms with Gasteiger partial charge in [0.25, 0.3) is 0 Å². The predicted molar refractivity (Wildman–Crippen MR) is 84.2 cm³/mol. The summed E-state index contributed by atoms with van der Waals surface area (Å²) in [7, 11) is 0. The summed E-state index contributed by atoms with van der Waals surface area (Å²) in [6.45, 7) is 7.76. The fourth-order valence-electron chi connectivity index (χ4n) is 2.59. The van der Waals surface area contributed by atoms with E-state index in [1.165, 1.54) is 19.3 Å². The number of hydrogen-bond acceptors (Lipinski definition) is 4. The van der Waals surface area contributed by atoms with E-state index in [9.17, 15) is 9.59 Å². The third-order valence-corrected chi connectivity index (χ3v) is 3.59. The topological polar surface area (TPSA) is 73.5 Å². The molecule has 3 amide bonds. The van der Waals surface area contributed by atoms with Crippen molar-refractivity contribution in [3.8, 4) is 0 Å². The van der Waals surface area contributed by atoms with Gasteiger partial charge in [-0.3, -0.25) is 15.0 Å². The van der Waals surface area contributed by atoms with E-state index in [0.717, 1.165) is 32.5 Å². The van der Waals surface area contributed by atoms with Gasteiger partial charge in [0.05, 0.1) is 6.54 Å². The second-order valence-electron chi connectivity index (χ2n) is 5.69. The molecule has 0 aromatic carbocycles. The Balaban J connectivity index is 2.34. The zero-order valence-electron chi connectivity index (χ0n) is 13.4. The van der Waals surface area contributed by atoms with Gasteiger partial charge in [-0.25, -0.2) is 4.79 Å². The molecule has 0 radical (unpaired) electrons. The maximum absolute atomic E-state index is 11.9. The van der Waals surface area contributed by atoms with Crippen LogP contribution >= 0.6 is 0 Å². The fourth-order valence-corrected chi connectivity index (χ4v) is 2.59. The molecule has 1 atom stereocenters. The second kappa shape index (κ2) is 10.6. The van der Waals surface area contributed by atoms with Gasteiger partial charge in [0.2, 0.25) is 5.91 Å². The van der Waals surface area contributed by atoms with Gasteiger partial charge in [-0.1, -0.05) is 20.3 Å². The maximum atomic E-state index is 11.9. The van der Waals surface area contributed by atoms with Crippen LogP contribution in [0.5, 0.6) is 0 Å². The van der Waals surface area contributed by atoms with Gasteiger partial charge in [-0.2, -0.15) is 0 Å². The second-order valence-corrected chi connectivity index (χ2v) is 5.69. The van der Waals surface area contributed by atoms with Crippen LogP contribution < -0.4 is 16.0 Å². The Morgan fingerprint density at radius 3 is 2.67 bits per heavy atom. The minimum absolute atomic E-state index is 0.229. The SMILES string of the molecule is CCCNC(=O)NC(=O)CN(CCC)CC1CCCCN1. The molecule has 1 saturated heterocycles. The predicted octanol–water partition coefficient (Wildman–Crippen LogP) is 1.08. The van der Waals surface area contributed by atoms with E-state index >= 15 is 0 Å². The smallest absolute Gasteiger partial charge is 0.321 e. The van der Waals surface area contributed by atoms with Crippen LogP contribution in [-0.4, -0.2) is 55.6 Å². The van der Waals surface area contributed by atoms with Crippen molar-refractivity contribution in [2.75, 3.05) is 32.7 Å². The molecule has 6 nitrogen and oxygen atoms in total. The van der Waals surface area contributed by atoms with E-state index in [2.05, 4.69) is 27.8 Å². The van der Waals surface area contributed by atoms with Crippen molar-refractivity contribution >= 4 is 11.9 Å². The van der Waals surface area contributed by atoms with Crippen molar-refractivity contribution in [2.45, 2.75) is 52.0 Å². The zero-order chi connectivity index (χ0) is 15.5. The Kier molecular flexibility index (Phi) is 9.01. The van der Waals surface area contributed by atoms with Crippen LogP contribution in [0.4, 0.5) is 4.79 Å². The number of carbonyl (C=O) groups excluding carboxylic acids is 2. The van der Waals surface area contributed by atoms with Crippen molar-refractivity contribution in [3.63, 3.8) is 0 Å². The maximum Gasteiger partial charge on any atom is 0.321 e. The monoisotopic (exact) mass is 298 g/mol. The van der Waals surface area contributed by atoms with Crippen LogP contribution in [0.25, 0.3) is 0 Å². The van der Waals surface area contributed by atoms with Gasteiger partial charge in [0, 0.05) is 19.1 Å². The number of imide groups is 1. The summed E-state index contributed by atoms with van der Waals surface area (Å²) in [6.07, 6.45) is 5.52. The first-order chi connectivity index (χ1) is 10.2. The molecular weight excluding hydrogens is 268 g/mol. The summed E-state index contributed by atoms with van der Waals surface area (Å²) >= 11 is 0. The largest absolute Gasteiger partial charge is 0.338 e. The molecule has 122 valence electrons. The molecule has 0 aromatic rings. The van der Waals surface area contributed by atoms with Gasteiger partial charge in [-0.05, 0) is 38.8 Å². The minimum Gasteiger partial charge on any atom is -0.338 e. The summed E-state index contributed by atoms with van der Waals surface area (Å²) in [4.78, 5) is 25.5. The Morgan fingerprint density at radius 2 is 2.05 bits per heavy atom. The molecule has 3 N–H and O–H groups in total. The lowest BCUT2D eigenvalue weighted by Crippen LogP contribution is -2.49. The number of nitrogens with zero attached hydrogens (tertiary/aromatic N) is 1. The molecule has 0 spiro atoms. The average Bonchev–Trinajstić information content (AvgIpc) is 2.46. The van der Waals surface area contributed by atoms with E-state index in [0.29, 0.717) is 12.6 Å². The van der Waals surface area contributed by atoms with Gasteiger partial charge < -0.3 is 10.6 Å². The summed E-state index contributed by atoms with van der Waals surface area (Å²) < 4.78 is 0. The Hall–Kier alpha value is -1.14. The first kappa shape index (κ1) is 17.9. The van der Waals surface area contributed by atoms with E-state index in [1.54, 1.807) is 0 Å². The number of hydrogen-bond donors (Lipinski definition) is 3. The highest BCUT2D eigenvalue weighted by Gasteiger charge is 2.18. The lowest BCUT2D eigenvalue weighted by atomic mass is 10.0. The molecule has 0 aliphatic carbocycles. The number of nitrogens with one attached hydrogen (secondary N) is 3. The molecular formula is C15H30N4O2. The van der Waals surface area contributed by atoms with Crippen LogP contribution in [0.1, 0.15) is 46.0 Å². The Morgan fingerprint density at radius 1 is 1.24 bits per heavy atom. The highest BCUT2D eigenvalue weighted by molar-refractivity contribution is 5.95. The quantitative estimate of drug-likeness (QED) is 0.627. The number of piperidine rings is 1. The Labute approximate surface area is 128 Å². The zero-order valence-corrected chi connectivity index (χ0v) is 13.4. The van der Waals surface area contributed by atoms with Crippen LogP contribution in [0.3, 0.4) is 0 Å². The van der Waals surface area contributed by atoms with Crippen molar-refractivity contribution in [1.29, 1.82) is 0 Å². The number of carbonyl (C=O) groups is 2. The molecule has 0 bridgehead atoms. The summed E-state index contributed by atoms with van der Waals surface area (Å²) in [5.41, 5.74) is 0. The van der Waals surface area contributed by atoms with Crippen molar-refractivity contribution in [1.82, 2.24) is 20.9 Å². The minimum atomic E-state index is -0.394. The third-order valence-electron chi connectivity index (χ3n) is 3.59. The number of rotatable bonds is 8. The fraction of sp³-hybridized carbons (Fsp3) is 0.867. The molecule has 1 unspecified atom stereocenters. The third kappa shape index (κ3) is 8.02. The average molecular weight is 298 g/mol. The number of urea groups is 1.